The Kier molecular flexibility index (Phi) is 4.68. The van der Waals surface area contributed by atoms with Crippen molar-refractivity contribution in [2.24, 2.45) is 0 Å². The first-order chi connectivity index (χ1) is 9.14. The zero-order chi connectivity index (χ0) is 13.9. The van der Waals surface area contributed by atoms with Gasteiger partial charge in [-0.15, -0.1) is 0 Å². The summed E-state index contributed by atoms with van der Waals surface area (Å²) >= 11 is 1.90. The molecule has 1 aliphatic rings. The van der Waals surface area contributed by atoms with Gasteiger partial charge in [0, 0.05) is 30.7 Å². The number of anilines is 1. The Morgan fingerprint density at radius 3 is 2.74 bits per heavy atom. The molecule has 0 aromatic carbocycles. The highest BCUT2D eigenvalue weighted by atomic mass is 32.2. The van der Waals surface area contributed by atoms with E-state index in [0.717, 1.165) is 42.5 Å². The predicted octanol–water partition coefficient (Wildman–Crippen LogP) is 3.32. The lowest BCUT2D eigenvalue weighted by molar-refractivity contribution is -0.00901. The van der Waals surface area contributed by atoms with Crippen molar-refractivity contribution < 1.29 is 4.74 Å². The third kappa shape index (κ3) is 2.87. The minimum atomic E-state index is -0.398. The molecule has 0 bridgehead atoms. The smallest absolute Gasteiger partial charge is 0.162 e. The van der Waals surface area contributed by atoms with Gasteiger partial charge in [0.1, 0.15) is 11.4 Å². The molecule has 4 nitrogen and oxygen atoms in total. The van der Waals surface area contributed by atoms with Crippen LogP contribution in [-0.4, -0.2) is 23.6 Å². The van der Waals surface area contributed by atoms with Gasteiger partial charge in [-0.3, -0.25) is 0 Å². The number of ether oxygens (including phenoxy) is 1. The molecule has 0 saturated heterocycles. The number of nitrogens with one attached hydrogen (secondary N) is 1. The third-order valence-electron chi connectivity index (χ3n) is 3.72. The van der Waals surface area contributed by atoms with Crippen molar-refractivity contribution in [1.82, 2.24) is 9.97 Å². The molecule has 0 radical (unpaired) electrons. The number of aromatic nitrogens is 2. The molecule has 1 atom stereocenters. The highest BCUT2D eigenvalue weighted by molar-refractivity contribution is 7.98. The molecule has 2 heterocycles. The SMILES string of the molecule is CCCNc1nc(C(C)(CC)OC)nc2c1CSC2. The van der Waals surface area contributed by atoms with Crippen LogP contribution in [0.2, 0.25) is 0 Å². The number of hydrogen-bond acceptors (Lipinski definition) is 5. The Hall–Kier alpha value is -0.810. The van der Waals surface area contributed by atoms with E-state index in [2.05, 4.69) is 26.1 Å². The molecular weight excluding hydrogens is 258 g/mol. The second-order valence-electron chi connectivity index (χ2n) is 5.03. The Labute approximate surface area is 119 Å². The van der Waals surface area contributed by atoms with E-state index in [-0.39, 0.29) is 0 Å². The van der Waals surface area contributed by atoms with Crippen LogP contribution in [0.1, 0.15) is 50.7 Å². The highest BCUT2D eigenvalue weighted by Crippen LogP contribution is 2.35. The summed E-state index contributed by atoms with van der Waals surface area (Å²) in [6.45, 7) is 7.27. The average Bonchev–Trinajstić information content (AvgIpc) is 2.92. The van der Waals surface area contributed by atoms with Crippen LogP contribution in [0.4, 0.5) is 5.82 Å². The van der Waals surface area contributed by atoms with E-state index in [4.69, 9.17) is 14.7 Å². The van der Waals surface area contributed by atoms with Crippen molar-refractivity contribution in [3.63, 3.8) is 0 Å². The van der Waals surface area contributed by atoms with E-state index < -0.39 is 5.60 Å². The minimum Gasteiger partial charge on any atom is -0.371 e. The molecule has 5 heteroatoms. The Balaban J connectivity index is 2.41. The summed E-state index contributed by atoms with van der Waals surface area (Å²) in [5.41, 5.74) is 2.05. The minimum absolute atomic E-state index is 0.398. The zero-order valence-corrected chi connectivity index (χ0v) is 13.1. The topological polar surface area (TPSA) is 47.0 Å². The van der Waals surface area contributed by atoms with Crippen LogP contribution in [-0.2, 0) is 21.8 Å². The number of rotatable bonds is 6. The van der Waals surface area contributed by atoms with Gasteiger partial charge < -0.3 is 10.1 Å². The van der Waals surface area contributed by atoms with Crippen LogP contribution in [0, 0.1) is 0 Å². The van der Waals surface area contributed by atoms with Crippen molar-refractivity contribution in [1.29, 1.82) is 0 Å². The molecule has 0 saturated carbocycles. The quantitative estimate of drug-likeness (QED) is 0.866. The van der Waals surface area contributed by atoms with Crippen molar-refractivity contribution in [2.75, 3.05) is 19.0 Å². The van der Waals surface area contributed by atoms with Gasteiger partial charge in [0.25, 0.3) is 0 Å². The largest absolute Gasteiger partial charge is 0.371 e. The lowest BCUT2D eigenvalue weighted by Gasteiger charge is -2.26. The fourth-order valence-electron chi connectivity index (χ4n) is 2.07. The lowest BCUT2D eigenvalue weighted by atomic mass is 10.0. The number of hydrogen-bond donors (Lipinski definition) is 1. The zero-order valence-electron chi connectivity index (χ0n) is 12.2. The summed E-state index contributed by atoms with van der Waals surface area (Å²) in [5.74, 6) is 3.80. The van der Waals surface area contributed by atoms with Crippen LogP contribution in [0.5, 0.6) is 0 Å². The number of methoxy groups -OCH3 is 1. The maximum Gasteiger partial charge on any atom is 0.162 e. The van der Waals surface area contributed by atoms with Crippen LogP contribution < -0.4 is 5.32 Å². The van der Waals surface area contributed by atoms with Crippen LogP contribution in [0.3, 0.4) is 0 Å². The van der Waals surface area contributed by atoms with Gasteiger partial charge in [-0.25, -0.2) is 9.97 Å². The third-order valence-corrected chi connectivity index (χ3v) is 4.69. The van der Waals surface area contributed by atoms with E-state index >= 15 is 0 Å². The molecular formula is C14H23N3OS. The van der Waals surface area contributed by atoms with Gasteiger partial charge in [-0.1, -0.05) is 13.8 Å². The van der Waals surface area contributed by atoms with Crippen LogP contribution in [0.25, 0.3) is 0 Å². The van der Waals surface area contributed by atoms with E-state index in [0.29, 0.717) is 0 Å². The van der Waals surface area contributed by atoms with Gasteiger partial charge in [0.2, 0.25) is 0 Å². The summed E-state index contributed by atoms with van der Waals surface area (Å²) in [5, 5.41) is 3.44. The van der Waals surface area contributed by atoms with E-state index in [9.17, 15) is 0 Å². The van der Waals surface area contributed by atoms with Gasteiger partial charge in [0.05, 0.1) is 5.69 Å². The summed E-state index contributed by atoms with van der Waals surface area (Å²) in [7, 11) is 1.73. The molecule has 0 amide bonds. The molecule has 2 rings (SSSR count). The summed E-state index contributed by atoms with van der Waals surface area (Å²) in [6.07, 6.45) is 1.96. The Morgan fingerprint density at radius 2 is 2.11 bits per heavy atom. The van der Waals surface area contributed by atoms with Crippen LogP contribution >= 0.6 is 11.8 Å². The van der Waals surface area contributed by atoms with Crippen molar-refractivity contribution in [3.05, 3.63) is 17.1 Å². The monoisotopic (exact) mass is 281 g/mol. The van der Waals surface area contributed by atoms with Gasteiger partial charge in [-0.05, 0) is 19.8 Å². The fraction of sp³-hybridized carbons (Fsp3) is 0.714. The average molecular weight is 281 g/mol. The molecule has 1 N–H and O–H groups in total. The number of fused-ring (bicyclic) bond motifs is 1. The molecule has 1 aromatic rings. The highest BCUT2D eigenvalue weighted by Gasteiger charge is 2.30. The van der Waals surface area contributed by atoms with E-state index in [1.54, 1.807) is 7.11 Å². The summed E-state index contributed by atoms with van der Waals surface area (Å²) in [6, 6.07) is 0. The molecule has 1 aromatic heterocycles. The van der Waals surface area contributed by atoms with E-state index in [1.807, 2.05) is 11.8 Å². The fourth-order valence-corrected chi connectivity index (χ4v) is 3.11. The second-order valence-corrected chi connectivity index (χ2v) is 6.01. The molecule has 0 fully saturated rings. The standard InChI is InChI=1S/C14H23N3OS/c1-5-7-15-12-10-8-19-9-11(10)16-13(17-12)14(3,6-2)18-4/h5-9H2,1-4H3,(H,15,16,17). The molecule has 0 aliphatic carbocycles. The summed E-state index contributed by atoms with van der Waals surface area (Å²) in [4.78, 5) is 9.47. The Bertz CT molecular complexity index is 447. The van der Waals surface area contributed by atoms with Gasteiger partial charge in [-0.2, -0.15) is 11.8 Å². The van der Waals surface area contributed by atoms with Gasteiger partial charge in [0.15, 0.2) is 5.82 Å². The first kappa shape index (κ1) is 14.6. The maximum atomic E-state index is 5.63. The lowest BCUT2D eigenvalue weighted by Crippen LogP contribution is -2.27. The maximum absolute atomic E-state index is 5.63. The number of nitrogens with zero attached hydrogens (tertiary/aromatic N) is 2. The van der Waals surface area contributed by atoms with Gasteiger partial charge >= 0.3 is 0 Å². The summed E-state index contributed by atoms with van der Waals surface area (Å²) < 4.78 is 5.63. The number of thioether (sulfide) groups is 1. The predicted molar refractivity (Wildman–Crippen MR) is 80.5 cm³/mol. The molecule has 1 aliphatic heterocycles. The molecule has 106 valence electrons. The normalized spacial score (nSPS) is 17.1. The van der Waals surface area contributed by atoms with Crippen molar-refractivity contribution in [3.8, 4) is 0 Å². The van der Waals surface area contributed by atoms with Crippen LogP contribution in [0.15, 0.2) is 0 Å². The molecule has 0 spiro atoms. The molecule has 19 heavy (non-hydrogen) atoms. The molecule has 1 unspecified atom stereocenters. The second kappa shape index (κ2) is 6.09. The Morgan fingerprint density at radius 1 is 1.32 bits per heavy atom. The first-order valence-electron chi connectivity index (χ1n) is 6.91. The van der Waals surface area contributed by atoms with E-state index in [1.165, 1.54) is 11.3 Å². The van der Waals surface area contributed by atoms with Crippen molar-refractivity contribution in [2.45, 2.75) is 50.7 Å². The first-order valence-corrected chi connectivity index (χ1v) is 8.07. The van der Waals surface area contributed by atoms with Crippen molar-refractivity contribution >= 4 is 17.6 Å².